The first kappa shape index (κ1) is 17.6. The molecule has 0 N–H and O–H groups in total. The molecule has 1 aromatic heterocycles. The van der Waals surface area contributed by atoms with Crippen LogP contribution in [0.25, 0.3) is 0 Å². The van der Waals surface area contributed by atoms with Crippen molar-refractivity contribution in [2.75, 3.05) is 0 Å². The predicted octanol–water partition coefficient (Wildman–Crippen LogP) is 5.00. The van der Waals surface area contributed by atoms with Crippen LogP contribution in [0.2, 0.25) is 0 Å². The topological polar surface area (TPSA) is 30.7 Å². The summed E-state index contributed by atoms with van der Waals surface area (Å²) in [6.45, 7) is 2.47. The lowest BCUT2D eigenvalue weighted by Gasteiger charge is -2.24. The van der Waals surface area contributed by atoms with Gasteiger partial charge in [-0.1, -0.05) is 89.4 Å². The molecule has 0 unspecified atom stereocenters. The summed E-state index contributed by atoms with van der Waals surface area (Å²) < 4.78 is 10.9. The summed E-state index contributed by atoms with van der Waals surface area (Å²) in [5.74, 6) is -0.784. The average molecular weight is 371 g/mol. The molecule has 0 atom stereocenters. The summed E-state index contributed by atoms with van der Waals surface area (Å²) in [5.41, 5.74) is -0.383. The Morgan fingerprint density at radius 3 is 2.26 bits per heavy atom. The SMILES string of the molecule is CCCCCCn1nnc(C(Cl)(Cl)C(Cl)(Cl)Cl)c1F. The molecule has 0 fully saturated rings. The van der Waals surface area contributed by atoms with Gasteiger partial charge in [-0.25, -0.2) is 4.68 Å². The van der Waals surface area contributed by atoms with Crippen LogP contribution in [0.1, 0.15) is 38.3 Å². The van der Waals surface area contributed by atoms with Gasteiger partial charge in [0, 0.05) is 6.54 Å². The number of halogens is 6. The molecule has 19 heavy (non-hydrogen) atoms. The third-order valence-electron chi connectivity index (χ3n) is 2.55. The molecule has 0 bridgehead atoms. The van der Waals surface area contributed by atoms with E-state index in [2.05, 4.69) is 17.2 Å². The maximum absolute atomic E-state index is 14.1. The fraction of sp³-hybridized carbons (Fsp3) is 0.800. The van der Waals surface area contributed by atoms with E-state index in [0.717, 1.165) is 30.4 Å². The molecule has 110 valence electrons. The van der Waals surface area contributed by atoms with Crippen LogP contribution in [0.15, 0.2) is 0 Å². The fourth-order valence-electron chi connectivity index (χ4n) is 1.46. The largest absolute Gasteiger partial charge is 0.238 e. The zero-order valence-electron chi connectivity index (χ0n) is 10.1. The minimum atomic E-state index is -2.11. The number of hydrogen-bond donors (Lipinski definition) is 0. The normalized spacial score (nSPS) is 13.0. The highest BCUT2D eigenvalue weighted by molar-refractivity contribution is 6.75. The van der Waals surface area contributed by atoms with Gasteiger partial charge in [-0.2, -0.15) is 4.39 Å². The molecule has 1 heterocycles. The summed E-state index contributed by atoms with van der Waals surface area (Å²) in [6.07, 6.45) is 3.92. The van der Waals surface area contributed by atoms with Crippen LogP contribution in [0.4, 0.5) is 4.39 Å². The van der Waals surface area contributed by atoms with Crippen molar-refractivity contribution in [3.8, 4) is 0 Å². The van der Waals surface area contributed by atoms with Crippen molar-refractivity contribution in [3.63, 3.8) is 0 Å². The lowest BCUT2D eigenvalue weighted by molar-refractivity contribution is 0.427. The van der Waals surface area contributed by atoms with Crippen LogP contribution in [0.5, 0.6) is 0 Å². The third-order valence-corrected chi connectivity index (χ3v) is 4.91. The van der Waals surface area contributed by atoms with E-state index in [1.807, 2.05) is 0 Å². The highest BCUT2D eigenvalue weighted by Crippen LogP contribution is 2.52. The van der Waals surface area contributed by atoms with Crippen LogP contribution in [0.3, 0.4) is 0 Å². The lowest BCUT2D eigenvalue weighted by atomic mass is 10.2. The number of unbranched alkanes of at least 4 members (excludes halogenated alkanes) is 3. The molecule has 0 amide bonds. The van der Waals surface area contributed by atoms with E-state index in [4.69, 9.17) is 58.0 Å². The zero-order valence-corrected chi connectivity index (χ0v) is 13.9. The number of alkyl halides is 5. The Hall–Kier alpha value is 0.520. The van der Waals surface area contributed by atoms with Crippen molar-refractivity contribution < 1.29 is 4.39 Å². The van der Waals surface area contributed by atoms with E-state index in [9.17, 15) is 4.39 Å². The molecule has 0 aromatic carbocycles. The summed E-state index contributed by atoms with van der Waals surface area (Å²) in [5, 5.41) is 7.21. The van der Waals surface area contributed by atoms with Gasteiger partial charge in [0.1, 0.15) is 0 Å². The van der Waals surface area contributed by atoms with Crippen LogP contribution < -0.4 is 0 Å². The number of aromatic nitrogens is 3. The second kappa shape index (κ2) is 6.99. The molecule has 0 spiro atoms. The molecule has 0 aliphatic rings. The minimum absolute atomic E-state index is 0.378. The molecule has 0 aliphatic heterocycles. The van der Waals surface area contributed by atoms with Gasteiger partial charge in [-0.05, 0) is 6.42 Å². The van der Waals surface area contributed by atoms with Crippen molar-refractivity contribution >= 4 is 58.0 Å². The van der Waals surface area contributed by atoms with E-state index in [0.29, 0.717) is 6.54 Å². The molecule has 0 saturated heterocycles. The third kappa shape index (κ3) is 4.24. The van der Waals surface area contributed by atoms with Gasteiger partial charge in [0.2, 0.25) is 14.1 Å². The monoisotopic (exact) mass is 369 g/mol. The van der Waals surface area contributed by atoms with E-state index >= 15 is 0 Å². The molecule has 9 heteroatoms. The Labute approximate surface area is 136 Å². The first-order valence-electron chi connectivity index (χ1n) is 5.75. The molecule has 3 nitrogen and oxygen atoms in total. The van der Waals surface area contributed by atoms with Gasteiger partial charge in [-0.3, -0.25) is 0 Å². The standard InChI is InChI=1S/C10H13Cl5FN3/c1-2-3-4-5-6-19-8(16)7(17-18-19)9(11,12)10(13,14)15/h2-6H2,1H3. The van der Waals surface area contributed by atoms with E-state index in [1.54, 1.807) is 0 Å². The summed E-state index contributed by atoms with van der Waals surface area (Å²) >= 11 is 28.5. The minimum Gasteiger partial charge on any atom is -0.219 e. The molecular weight excluding hydrogens is 358 g/mol. The number of hydrogen-bond acceptors (Lipinski definition) is 2. The van der Waals surface area contributed by atoms with Gasteiger partial charge in [-0.15, -0.1) is 5.10 Å². The van der Waals surface area contributed by atoms with Gasteiger partial charge in [0.15, 0.2) is 5.69 Å². The van der Waals surface area contributed by atoms with Crippen LogP contribution in [-0.4, -0.2) is 18.8 Å². The van der Waals surface area contributed by atoms with E-state index in [1.165, 1.54) is 0 Å². The van der Waals surface area contributed by atoms with Gasteiger partial charge < -0.3 is 0 Å². The Morgan fingerprint density at radius 1 is 1.11 bits per heavy atom. The summed E-state index contributed by atoms with van der Waals surface area (Å²) in [6, 6.07) is 0. The number of aryl methyl sites for hydroxylation is 1. The van der Waals surface area contributed by atoms with Crippen molar-refractivity contribution in [3.05, 3.63) is 11.6 Å². The highest BCUT2D eigenvalue weighted by Gasteiger charge is 2.51. The summed E-state index contributed by atoms with van der Waals surface area (Å²) in [4.78, 5) is 0. The fourth-order valence-corrected chi connectivity index (χ4v) is 1.96. The van der Waals surface area contributed by atoms with Crippen LogP contribution in [0, 0.1) is 5.95 Å². The van der Waals surface area contributed by atoms with Crippen LogP contribution in [-0.2, 0) is 10.9 Å². The maximum atomic E-state index is 14.1. The maximum Gasteiger partial charge on any atom is 0.238 e. The Bertz CT molecular complexity index is 416. The molecular formula is C10H13Cl5FN3. The Morgan fingerprint density at radius 2 is 1.74 bits per heavy atom. The second-order valence-corrected chi connectivity index (χ2v) is 7.69. The highest BCUT2D eigenvalue weighted by atomic mass is 35.6. The van der Waals surface area contributed by atoms with E-state index in [-0.39, 0.29) is 5.69 Å². The lowest BCUT2D eigenvalue weighted by Crippen LogP contribution is -2.30. The number of rotatable bonds is 6. The van der Waals surface area contributed by atoms with Crippen molar-refractivity contribution in [1.82, 2.24) is 15.0 Å². The first-order valence-corrected chi connectivity index (χ1v) is 7.64. The van der Waals surface area contributed by atoms with Crippen molar-refractivity contribution in [1.29, 1.82) is 0 Å². The average Bonchev–Trinajstić information content (AvgIpc) is 2.65. The smallest absolute Gasteiger partial charge is 0.219 e. The van der Waals surface area contributed by atoms with Crippen LogP contribution >= 0.6 is 58.0 Å². The van der Waals surface area contributed by atoms with Crippen molar-refractivity contribution in [2.24, 2.45) is 0 Å². The number of nitrogens with zero attached hydrogens (tertiary/aromatic N) is 3. The quantitative estimate of drug-likeness (QED) is 0.520. The zero-order chi connectivity index (χ0) is 14.7. The van der Waals surface area contributed by atoms with Gasteiger partial charge in [0.05, 0.1) is 0 Å². The van der Waals surface area contributed by atoms with Gasteiger partial charge >= 0.3 is 0 Å². The molecule has 0 radical (unpaired) electrons. The Kier molecular flexibility index (Phi) is 6.46. The second-order valence-electron chi connectivity index (χ2n) is 4.08. The first-order chi connectivity index (χ1) is 8.71. The van der Waals surface area contributed by atoms with E-state index < -0.39 is 14.1 Å². The van der Waals surface area contributed by atoms with Crippen molar-refractivity contribution in [2.45, 2.75) is 47.3 Å². The molecule has 0 aliphatic carbocycles. The molecule has 1 rings (SSSR count). The summed E-state index contributed by atoms with van der Waals surface area (Å²) in [7, 11) is 0. The molecule has 1 aromatic rings. The van der Waals surface area contributed by atoms with Gasteiger partial charge in [0.25, 0.3) is 0 Å². The predicted molar refractivity (Wildman–Crippen MR) is 77.8 cm³/mol. The molecule has 0 saturated carbocycles. The Balaban J connectivity index is 2.81.